The molecule has 184 valence electrons. The third-order valence-electron chi connectivity index (χ3n) is 5.10. The topological polar surface area (TPSA) is 67.9 Å². The maximum atomic E-state index is 12.7. The van der Waals surface area contributed by atoms with Crippen molar-refractivity contribution in [3.8, 4) is 11.5 Å². The highest BCUT2D eigenvalue weighted by atomic mass is 79.9. The molecule has 1 fully saturated rings. The molecule has 6 nitrogen and oxygen atoms in total. The maximum absolute atomic E-state index is 12.7. The van der Waals surface area contributed by atoms with Crippen molar-refractivity contribution >= 4 is 67.8 Å². The van der Waals surface area contributed by atoms with E-state index in [2.05, 4.69) is 27.8 Å². The molecule has 0 radical (unpaired) electrons. The fraction of sp³-hybridized carbons (Fsp3) is 0.269. The molecular weight excluding hydrogens is 548 g/mol. The highest BCUT2D eigenvalue weighted by Gasteiger charge is 2.31. The molecule has 0 bridgehead atoms. The van der Waals surface area contributed by atoms with E-state index in [0.29, 0.717) is 38.3 Å². The van der Waals surface area contributed by atoms with E-state index < -0.39 is 0 Å². The van der Waals surface area contributed by atoms with Crippen LogP contribution in [0.25, 0.3) is 6.08 Å². The Hall–Kier alpha value is -2.62. The molecule has 2 aromatic rings. The van der Waals surface area contributed by atoms with Crippen molar-refractivity contribution in [2.24, 2.45) is 0 Å². The molecule has 0 atom stereocenters. The van der Waals surface area contributed by atoms with E-state index in [9.17, 15) is 9.59 Å². The average Bonchev–Trinajstić information content (AvgIpc) is 3.03. The molecular formula is C26H27BrN2O4S2. The van der Waals surface area contributed by atoms with Gasteiger partial charge in [-0.15, -0.1) is 6.58 Å². The van der Waals surface area contributed by atoms with Gasteiger partial charge in [-0.2, -0.15) is 0 Å². The molecule has 3 rings (SSSR count). The number of carbonyl (C=O) groups excluding carboxylic acids is 2. The zero-order chi connectivity index (χ0) is 25.7. The van der Waals surface area contributed by atoms with Crippen LogP contribution in [0.3, 0.4) is 0 Å². The number of nitrogens with zero attached hydrogens (tertiary/aromatic N) is 1. The second kappa shape index (κ2) is 11.9. The number of hydrogen-bond acceptors (Lipinski definition) is 6. The number of halogens is 1. The van der Waals surface area contributed by atoms with Crippen LogP contribution in [0.5, 0.6) is 11.5 Å². The molecule has 1 N–H and O–H groups in total. The number of aryl methyl sites for hydroxylation is 3. The number of anilines is 1. The Morgan fingerprint density at radius 2 is 1.89 bits per heavy atom. The van der Waals surface area contributed by atoms with Crippen LogP contribution in [-0.2, 0) is 9.59 Å². The van der Waals surface area contributed by atoms with Crippen LogP contribution in [0.4, 0.5) is 5.69 Å². The summed E-state index contributed by atoms with van der Waals surface area (Å²) in [5.74, 6) is 0.443. The Morgan fingerprint density at radius 3 is 2.51 bits per heavy atom. The number of thioether (sulfide) groups is 1. The number of carbonyl (C=O) groups is 2. The van der Waals surface area contributed by atoms with Crippen LogP contribution in [-0.4, -0.2) is 40.8 Å². The van der Waals surface area contributed by atoms with E-state index in [-0.39, 0.29) is 18.4 Å². The zero-order valence-corrected chi connectivity index (χ0v) is 23.3. The highest BCUT2D eigenvalue weighted by molar-refractivity contribution is 9.10. The molecule has 35 heavy (non-hydrogen) atoms. The van der Waals surface area contributed by atoms with E-state index in [1.54, 1.807) is 18.2 Å². The second-order valence-electron chi connectivity index (χ2n) is 7.95. The summed E-state index contributed by atoms with van der Waals surface area (Å²) >= 11 is 10.1. The molecule has 2 amide bonds. The lowest BCUT2D eigenvalue weighted by Gasteiger charge is -2.16. The fourth-order valence-corrected chi connectivity index (χ4v) is 5.55. The van der Waals surface area contributed by atoms with Gasteiger partial charge < -0.3 is 14.8 Å². The standard InChI is InChI=1S/C26H27BrN2O4S2/c1-6-8-29-25(31)21(35-26(29)34)13-18-11-19(27)24(20(12-18)32-7-2)33-14-22(30)28-23-16(4)9-15(3)10-17(23)5/h6,9-13H,1,7-8,14H2,2-5H3,(H,28,30)/b21-13-. The summed E-state index contributed by atoms with van der Waals surface area (Å²) in [6.07, 6.45) is 3.40. The molecule has 0 spiro atoms. The smallest absolute Gasteiger partial charge is 0.266 e. The predicted octanol–water partition coefficient (Wildman–Crippen LogP) is 6.18. The molecule has 1 aliphatic rings. The molecule has 0 saturated carbocycles. The van der Waals surface area contributed by atoms with Gasteiger partial charge in [0.1, 0.15) is 4.32 Å². The first-order valence-corrected chi connectivity index (χ1v) is 13.0. The van der Waals surface area contributed by atoms with Gasteiger partial charge in [0.25, 0.3) is 11.8 Å². The second-order valence-corrected chi connectivity index (χ2v) is 10.5. The molecule has 0 aliphatic carbocycles. The number of thiocarbonyl (C=S) groups is 1. The van der Waals surface area contributed by atoms with Crippen LogP contribution in [0.2, 0.25) is 0 Å². The molecule has 2 aromatic carbocycles. The van der Waals surface area contributed by atoms with Crippen LogP contribution in [0.15, 0.2) is 46.3 Å². The maximum Gasteiger partial charge on any atom is 0.266 e. The Labute approximate surface area is 223 Å². The summed E-state index contributed by atoms with van der Waals surface area (Å²) in [6, 6.07) is 7.63. The molecule has 0 unspecified atom stereocenters. The Morgan fingerprint density at radius 1 is 1.20 bits per heavy atom. The van der Waals surface area contributed by atoms with E-state index in [0.717, 1.165) is 27.9 Å². The molecule has 9 heteroatoms. The van der Waals surface area contributed by atoms with Gasteiger partial charge in [0, 0.05) is 12.2 Å². The lowest BCUT2D eigenvalue weighted by molar-refractivity contribution is -0.121. The minimum absolute atomic E-state index is 0.160. The third kappa shape index (κ3) is 6.54. The van der Waals surface area contributed by atoms with Gasteiger partial charge in [-0.3, -0.25) is 14.5 Å². The molecule has 1 heterocycles. The van der Waals surface area contributed by atoms with Gasteiger partial charge in [0.15, 0.2) is 18.1 Å². The molecule has 0 aromatic heterocycles. The van der Waals surface area contributed by atoms with E-state index >= 15 is 0 Å². The minimum atomic E-state index is -0.274. The quantitative estimate of drug-likeness (QED) is 0.219. The number of nitrogens with one attached hydrogen (secondary N) is 1. The van der Waals surface area contributed by atoms with Crippen molar-refractivity contribution in [2.45, 2.75) is 27.7 Å². The Bertz CT molecular complexity index is 1200. The van der Waals surface area contributed by atoms with Gasteiger partial charge >= 0.3 is 0 Å². The number of amides is 2. The SMILES string of the molecule is C=CCN1C(=O)/C(=C/c2cc(Br)c(OCC(=O)Nc3c(C)cc(C)cc3C)c(OCC)c2)SC1=S. The summed E-state index contributed by atoms with van der Waals surface area (Å²) in [5, 5.41) is 2.94. The molecule has 1 saturated heterocycles. The zero-order valence-electron chi connectivity index (χ0n) is 20.1. The van der Waals surface area contributed by atoms with Gasteiger partial charge in [0.05, 0.1) is 16.0 Å². The fourth-order valence-electron chi connectivity index (χ4n) is 3.70. The Kier molecular flexibility index (Phi) is 9.15. The lowest BCUT2D eigenvalue weighted by atomic mass is 10.1. The summed E-state index contributed by atoms with van der Waals surface area (Å²) in [6.45, 7) is 12.1. The van der Waals surface area contributed by atoms with Crippen molar-refractivity contribution < 1.29 is 19.1 Å². The van der Waals surface area contributed by atoms with Gasteiger partial charge in [-0.1, -0.05) is 47.8 Å². The van der Waals surface area contributed by atoms with Crippen LogP contribution in [0, 0.1) is 20.8 Å². The van der Waals surface area contributed by atoms with Crippen LogP contribution < -0.4 is 14.8 Å². The molecule has 1 aliphatic heterocycles. The van der Waals surface area contributed by atoms with Crippen molar-refractivity contribution in [3.63, 3.8) is 0 Å². The number of benzene rings is 2. The van der Waals surface area contributed by atoms with Crippen molar-refractivity contribution in [1.82, 2.24) is 4.90 Å². The Balaban J connectivity index is 1.79. The van der Waals surface area contributed by atoms with Crippen molar-refractivity contribution in [3.05, 3.63) is 68.6 Å². The minimum Gasteiger partial charge on any atom is -0.490 e. The van der Waals surface area contributed by atoms with Gasteiger partial charge in [0.2, 0.25) is 0 Å². The van der Waals surface area contributed by atoms with Crippen LogP contribution >= 0.6 is 39.9 Å². The number of rotatable bonds is 9. The van der Waals surface area contributed by atoms with E-state index in [1.807, 2.05) is 45.9 Å². The number of ether oxygens (including phenoxy) is 2. The normalized spacial score (nSPS) is 14.4. The average molecular weight is 576 g/mol. The highest BCUT2D eigenvalue weighted by Crippen LogP contribution is 2.39. The first kappa shape index (κ1) is 27.0. The van der Waals surface area contributed by atoms with Gasteiger partial charge in [-0.25, -0.2) is 0 Å². The van der Waals surface area contributed by atoms with Crippen molar-refractivity contribution in [1.29, 1.82) is 0 Å². The predicted molar refractivity (Wildman–Crippen MR) is 150 cm³/mol. The van der Waals surface area contributed by atoms with Crippen LogP contribution in [0.1, 0.15) is 29.2 Å². The largest absolute Gasteiger partial charge is 0.490 e. The monoisotopic (exact) mass is 574 g/mol. The van der Waals surface area contributed by atoms with Gasteiger partial charge in [-0.05, 0) is 78.5 Å². The summed E-state index contributed by atoms with van der Waals surface area (Å²) in [5.41, 5.74) is 4.66. The first-order valence-electron chi connectivity index (χ1n) is 11.0. The lowest BCUT2D eigenvalue weighted by Crippen LogP contribution is -2.27. The van der Waals surface area contributed by atoms with E-state index in [4.69, 9.17) is 21.7 Å². The summed E-state index contributed by atoms with van der Waals surface area (Å²) in [4.78, 5) is 27.3. The van der Waals surface area contributed by atoms with E-state index in [1.165, 1.54) is 16.7 Å². The first-order chi connectivity index (χ1) is 16.6. The van der Waals surface area contributed by atoms with Crippen molar-refractivity contribution in [2.75, 3.05) is 25.1 Å². The number of hydrogen-bond donors (Lipinski definition) is 1. The third-order valence-corrected chi connectivity index (χ3v) is 7.07. The summed E-state index contributed by atoms with van der Waals surface area (Å²) < 4.78 is 12.7. The summed E-state index contributed by atoms with van der Waals surface area (Å²) in [7, 11) is 0.